The Balaban J connectivity index is 1.85. The number of aromatic hydroxyl groups is 1. The fourth-order valence-corrected chi connectivity index (χ4v) is 3.68. The molecular formula is C24H22ClFN4O6. The van der Waals surface area contributed by atoms with Gasteiger partial charge in [-0.2, -0.15) is 4.98 Å². The smallest absolute Gasteiger partial charge is 0.275 e. The van der Waals surface area contributed by atoms with Gasteiger partial charge in [-0.1, -0.05) is 23.7 Å². The van der Waals surface area contributed by atoms with Crippen LogP contribution >= 0.6 is 11.6 Å². The number of aromatic nitrogens is 4. The molecule has 0 aliphatic heterocycles. The van der Waals surface area contributed by atoms with Crippen LogP contribution in [0.25, 0.3) is 17.1 Å². The van der Waals surface area contributed by atoms with E-state index in [0.29, 0.717) is 23.7 Å². The number of hydrogen-bond donors (Lipinski definition) is 1. The van der Waals surface area contributed by atoms with Crippen LogP contribution in [0.3, 0.4) is 0 Å². The van der Waals surface area contributed by atoms with Crippen molar-refractivity contribution in [2.75, 3.05) is 20.8 Å². The number of para-hydroxylation sites is 1. The van der Waals surface area contributed by atoms with Crippen LogP contribution in [0.15, 0.2) is 45.6 Å². The maximum absolute atomic E-state index is 13.8. The Morgan fingerprint density at radius 1 is 1.14 bits per heavy atom. The molecule has 10 nitrogen and oxygen atoms in total. The van der Waals surface area contributed by atoms with Crippen LogP contribution in [-0.4, -0.2) is 45.7 Å². The molecule has 0 saturated heterocycles. The average molecular weight is 517 g/mol. The van der Waals surface area contributed by atoms with E-state index in [9.17, 15) is 14.3 Å². The maximum Gasteiger partial charge on any atom is 0.275 e. The quantitative estimate of drug-likeness (QED) is 0.352. The molecule has 0 bridgehead atoms. The Hall–Kier alpha value is -3.96. The van der Waals surface area contributed by atoms with Gasteiger partial charge in [-0.3, -0.25) is 9.36 Å². The van der Waals surface area contributed by atoms with Crippen molar-refractivity contribution in [1.82, 2.24) is 19.7 Å². The highest BCUT2D eigenvalue weighted by Gasteiger charge is 2.26. The molecule has 4 rings (SSSR count). The van der Waals surface area contributed by atoms with Crippen LogP contribution in [0.2, 0.25) is 5.02 Å². The Bertz CT molecular complexity index is 1430. The van der Waals surface area contributed by atoms with E-state index >= 15 is 0 Å². The number of hydrogen-bond acceptors (Lipinski definition) is 9. The molecule has 0 radical (unpaired) electrons. The zero-order valence-corrected chi connectivity index (χ0v) is 20.4. The van der Waals surface area contributed by atoms with Crippen LogP contribution < -0.4 is 15.0 Å². The minimum Gasteiger partial charge on any atom is -0.494 e. The minimum absolute atomic E-state index is 0.0135. The van der Waals surface area contributed by atoms with Gasteiger partial charge in [0.25, 0.3) is 11.4 Å². The van der Waals surface area contributed by atoms with Crippen LogP contribution in [-0.2, 0) is 17.8 Å². The van der Waals surface area contributed by atoms with Crippen LogP contribution in [0.5, 0.6) is 17.4 Å². The van der Waals surface area contributed by atoms with Crippen molar-refractivity contribution in [1.29, 1.82) is 0 Å². The average Bonchev–Trinajstić information content (AvgIpc) is 3.32. The highest BCUT2D eigenvalue weighted by Crippen LogP contribution is 2.34. The standard InChI is InChI=1S/C24H22ClFN4O6/c1-4-35-12-18-27-22(31)20(24(32)30(18)21-16(33-2)6-5-7-17(21)34-3)23-29-28-19(36-23)11-13-8-9-14(25)15(26)10-13/h5-10,31H,4,11-12H2,1-3H3. The van der Waals surface area contributed by atoms with Crippen molar-refractivity contribution < 1.29 is 28.1 Å². The topological polar surface area (TPSA) is 122 Å². The molecule has 2 aromatic heterocycles. The first-order valence-corrected chi connectivity index (χ1v) is 11.2. The normalized spacial score (nSPS) is 11.0. The molecule has 0 spiro atoms. The molecule has 12 heteroatoms. The number of benzene rings is 2. The van der Waals surface area contributed by atoms with Gasteiger partial charge >= 0.3 is 0 Å². The molecule has 4 aromatic rings. The minimum atomic E-state index is -0.715. The number of rotatable bonds is 9. The molecule has 0 unspecified atom stereocenters. The number of halogens is 2. The first kappa shape index (κ1) is 25.1. The molecule has 1 N–H and O–H groups in total. The Labute approximate surface area is 209 Å². The molecule has 188 valence electrons. The summed E-state index contributed by atoms with van der Waals surface area (Å²) in [6.45, 7) is 2.05. The SMILES string of the molecule is CCOCc1nc(O)c(-c2nnc(Cc3ccc(Cl)c(F)c3)o2)c(=O)n1-c1c(OC)cccc1OC. The molecule has 36 heavy (non-hydrogen) atoms. The van der Waals surface area contributed by atoms with Crippen LogP contribution in [0.1, 0.15) is 24.2 Å². The predicted octanol–water partition coefficient (Wildman–Crippen LogP) is 3.93. The summed E-state index contributed by atoms with van der Waals surface area (Å²) in [7, 11) is 2.90. The van der Waals surface area contributed by atoms with Crippen LogP contribution in [0.4, 0.5) is 4.39 Å². The summed E-state index contributed by atoms with van der Waals surface area (Å²) in [5.41, 5.74) is -0.262. The molecule has 2 heterocycles. The molecular weight excluding hydrogens is 495 g/mol. The van der Waals surface area contributed by atoms with Gasteiger partial charge < -0.3 is 23.7 Å². The van der Waals surface area contributed by atoms with E-state index in [1.54, 1.807) is 31.2 Å². The van der Waals surface area contributed by atoms with E-state index in [-0.39, 0.29) is 46.9 Å². The van der Waals surface area contributed by atoms with Crippen molar-refractivity contribution in [3.8, 4) is 34.5 Å². The Morgan fingerprint density at radius 2 is 1.86 bits per heavy atom. The van der Waals surface area contributed by atoms with Crippen molar-refractivity contribution in [2.45, 2.75) is 20.0 Å². The van der Waals surface area contributed by atoms with Crippen LogP contribution in [0, 0.1) is 5.82 Å². The third kappa shape index (κ3) is 4.88. The predicted molar refractivity (Wildman–Crippen MR) is 127 cm³/mol. The summed E-state index contributed by atoms with van der Waals surface area (Å²) >= 11 is 5.73. The van der Waals surface area contributed by atoms with Gasteiger partial charge in [0.15, 0.2) is 5.56 Å². The first-order chi connectivity index (χ1) is 17.4. The van der Waals surface area contributed by atoms with E-state index < -0.39 is 17.3 Å². The second kappa shape index (κ2) is 10.8. The van der Waals surface area contributed by atoms with Gasteiger partial charge in [0.1, 0.15) is 35.4 Å². The van der Waals surface area contributed by atoms with Gasteiger partial charge in [-0.25, -0.2) is 4.39 Å². The van der Waals surface area contributed by atoms with E-state index in [0.717, 1.165) is 0 Å². The lowest BCUT2D eigenvalue weighted by Crippen LogP contribution is -2.26. The third-order valence-corrected chi connectivity index (χ3v) is 5.52. The lowest BCUT2D eigenvalue weighted by Gasteiger charge is -2.18. The molecule has 0 atom stereocenters. The molecule has 2 aromatic carbocycles. The van der Waals surface area contributed by atoms with Gasteiger partial charge in [-0.05, 0) is 36.8 Å². The van der Waals surface area contributed by atoms with Crippen molar-refractivity contribution in [3.63, 3.8) is 0 Å². The summed E-state index contributed by atoms with van der Waals surface area (Å²) in [4.78, 5) is 17.9. The van der Waals surface area contributed by atoms with E-state index in [1.807, 2.05) is 0 Å². The number of nitrogens with zero attached hydrogens (tertiary/aromatic N) is 4. The highest BCUT2D eigenvalue weighted by atomic mass is 35.5. The van der Waals surface area contributed by atoms with Crippen molar-refractivity contribution in [3.05, 3.63) is 74.9 Å². The van der Waals surface area contributed by atoms with E-state index in [1.165, 1.54) is 30.9 Å². The van der Waals surface area contributed by atoms with E-state index in [4.69, 9.17) is 30.2 Å². The molecule has 0 amide bonds. The second-order valence-corrected chi connectivity index (χ2v) is 7.85. The largest absolute Gasteiger partial charge is 0.494 e. The third-order valence-electron chi connectivity index (χ3n) is 5.21. The zero-order chi connectivity index (χ0) is 25.8. The highest BCUT2D eigenvalue weighted by molar-refractivity contribution is 6.30. The fraction of sp³-hybridized carbons (Fsp3) is 0.250. The zero-order valence-electron chi connectivity index (χ0n) is 19.6. The van der Waals surface area contributed by atoms with Gasteiger partial charge in [0, 0.05) is 6.61 Å². The number of methoxy groups -OCH3 is 2. The number of ether oxygens (including phenoxy) is 3. The summed E-state index contributed by atoms with van der Waals surface area (Å²) in [5, 5.41) is 18.5. The van der Waals surface area contributed by atoms with Crippen molar-refractivity contribution >= 4 is 11.6 Å². The molecule has 0 saturated carbocycles. The van der Waals surface area contributed by atoms with Crippen molar-refractivity contribution in [2.24, 2.45) is 0 Å². The fourth-order valence-electron chi connectivity index (χ4n) is 3.56. The molecule has 0 aliphatic rings. The first-order valence-electron chi connectivity index (χ1n) is 10.8. The monoisotopic (exact) mass is 516 g/mol. The molecule has 0 fully saturated rings. The summed E-state index contributed by atoms with van der Waals surface area (Å²) < 4.78 is 37.0. The lowest BCUT2D eigenvalue weighted by atomic mass is 10.1. The molecule has 0 aliphatic carbocycles. The lowest BCUT2D eigenvalue weighted by molar-refractivity contribution is 0.125. The maximum atomic E-state index is 13.8. The Kier molecular flexibility index (Phi) is 7.51. The second-order valence-electron chi connectivity index (χ2n) is 7.44. The van der Waals surface area contributed by atoms with Gasteiger partial charge in [0.2, 0.25) is 11.8 Å². The summed E-state index contributed by atoms with van der Waals surface area (Å²) in [6.07, 6.45) is 0.0756. The summed E-state index contributed by atoms with van der Waals surface area (Å²) in [6, 6.07) is 9.27. The van der Waals surface area contributed by atoms with Gasteiger partial charge in [0.05, 0.1) is 25.7 Å². The van der Waals surface area contributed by atoms with E-state index in [2.05, 4.69) is 15.2 Å². The summed E-state index contributed by atoms with van der Waals surface area (Å²) in [5.74, 6) is -0.637. The van der Waals surface area contributed by atoms with Gasteiger partial charge in [-0.15, -0.1) is 10.2 Å². The Morgan fingerprint density at radius 3 is 2.50 bits per heavy atom.